The first-order chi connectivity index (χ1) is 6.22. The van der Waals surface area contributed by atoms with E-state index >= 15 is 0 Å². The van der Waals surface area contributed by atoms with Crippen molar-refractivity contribution in [2.24, 2.45) is 5.11 Å². The van der Waals surface area contributed by atoms with Gasteiger partial charge < -0.3 is 5.11 Å². The second-order valence-electron chi connectivity index (χ2n) is 1.95. The highest BCUT2D eigenvalue weighted by Gasteiger charge is 2.02. The average Bonchev–Trinajstić information content (AvgIpc) is 2.48. The largest absolute Gasteiger partial charge is 0.465 e. The molecule has 1 amide bonds. The summed E-state index contributed by atoms with van der Waals surface area (Å²) in [5.74, 6) is 0.251. The van der Waals surface area contributed by atoms with Crippen LogP contribution in [0.15, 0.2) is 10.5 Å². The van der Waals surface area contributed by atoms with Gasteiger partial charge >= 0.3 is 6.09 Å². The number of azide groups is 1. The lowest BCUT2D eigenvalue weighted by Crippen LogP contribution is -2.07. The van der Waals surface area contributed by atoms with E-state index in [1.165, 1.54) is 16.7 Å². The van der Waals surface area contributed by atoms with Gasteiger partial charge in [-0.3, -0.25) is 5.32 Å². The van der Waals surface area contributed by atoms with E-state index in [1.807, 2.05) is 0 Å². The number of nitrogens with zero attached hydrogens (tertiary/aromatic N) is 4. The molecule has 1 heterocycles. The summed E-state index contributed by atoms with van der Waals surface area (Å²) >= 11 is 1.23. The number of hydrogen-bond acceptors (Lipinski definition) is 4. The molecule has 2 N–H and O–H groups in total. The van der Waals surface area contributed by atoms with Gasteiger partial charge in [-0.1, -0.05) is 5.11 Å². The highest BCUT2D eigenvalue weighted by atomic mass is 32.1. The van der Waals surface area contributed by atoms with Crippen molar-refractivity contribution in [3.8, 4) is 0 Å². The molecule has 1 aromatic rings. The zero-order chi connectivity index (χ0) is 9.68. The maximum absolute atomic E-state index is 10.2. The standard InChI is InChI=1S/C5H5N5O2S/c6-10-7-1-4-8-3(2-13-4)9-5(11)12/h2,9H,1H2,(H,11,12). The third-order valence-corrected chi connectivity index (χ3v) is 1.89. The molecule has 68 valence electrons. The zero-order valence-corrected chi connectivity index (χ0v) is 7.15. The molecule has 0 unspecified atom stereocenters. The Hall–Kier alpha value is -1.79. The monoisotopic (exact) mass is 199 g/mol. The summed E-state index contributed by atoms with van der Waals surface area (Å²) < 4.78 is 0. The van der Waals surface area contributed by atoms with E-state index < -0.39 is 6.09 Å². The van der Waals surface area contributed by atoms with Crippen molar-refractivity contribution in [2.75, 3.05) is 5.32 Å². The van der Waals surface area contributed by atoms with Crippen LogP contribution in [0.1, 0.15) is 5.01 Å². The third-order valence-electron chi connectivity index (χ3n) is 1.06. The number of hydrogen-bond donors (Lipinski definition) is 2. The molecule has 1 rings (SSSR count). The zero-order valence-electron chi connectivity index (χ0n) is 6.34. The maximum Gasteiger partial charge on any atom is 0.410 e. The Labute approximate surface area is 76.7 Å². The Morgan fingerprint density at radius 2 is 2.69 bits per heavy atom. The highest BCUT2D eigenvalue weighted by molar-refractivity contribution is 7.10. The van der Waals surface area contributed by atoms with Crippen LogP contribution in [-0.4, -0.2) is 16.2 Å². The van der Waals surface area contributed by atoms with E-state index in [9.17, 15) is 4.79 Å². The van der Waals surface area contributed by atoms with Gasteiger partial charge in [0.1, 0.15) is 10.8 Å². The van der Waals surface area contributed by atoms with Gasteiger partial charge in [-0.25, -0.2) is 9.78 Å². The summed E-state index contributed by atoms with van der Waals surface area (Å²) in [5.41, 5.74) is 8.01. The summed E-state index contributed by atoms with van der Waals surface area (Å²) in [7, 11) is 0. The molecule has 0 aromatic carbocycles. The molecule has 0 fully saturated rings. The Morgan fingerprint density at radius 1 is 1.92 bits per heavy atom. The molecule has 0 atom stereocenters. The summed E-state index contributed by atoms with van der Waals surface area (Å²) in [5, 5.41) is 15.8. The molecule has 0 aliphatic heterocycles. The predicted octanol–water partition coefficient (Wildman–Crippen LogP) is 2.04. The molecule has 0 radical (unpaired) electrons. The van der Waals surface area contributed by atoms with E-state index in [1.54, 1.807) is 0 Å². The van der Waals surface area contributed by atoms with Gasteiger partial charge in [-0.15, -0.1) is 11.3 Å². The van der Waals surface area contributed by atoms with Gasteiger partial charge in [0.2, 0.25) is 0 Å². The lowest BCUT2D eigenvalue weighted by atomic mass is 10.7. The second kappa shape index (κ2) is 4.29. The topological polar surface area (TPSA) is 111 Å². The fraction of sp³-hybridized carbons (Fsp3) is 0.200. The molecular formula is C5H5N5O2S. The van der Waals surface area contributed by atoms with Crippen molar-refractivity contribution < 1.29 is 9.90 Å². The molecule has 0 saturated heterocycles. The Bertz CT molecular complexity index is 337. The third kappa shape index (κ3) is 2.97. The van der Waals surface area contributed by atoms with Gasteiger partial charge in [0.05, 0.1) is 6.54 Å². The fourth-order valence-electron chi connectivity index (χ4n) is 0.643. The molecule has 0 bridgehead atoms. The van der Waals surface area contributed by atoms with Crippen LogP contribution in [-0.2, 0) is 6.54 Å². The molecule has 13 heavy (non-hydrogen) atoms. The lowest BCUT2D eigenvalue weighted by molar-refractivity contribution is 0.209. The van der Waals surface area contributed by atoms with Crippen molar-refractivity contribution in [2.45, 2.75) is 6.54 Å². The minimum atomic E-state index is -1.17. The number of carbonyl (C=O) groups is 1. The number of thiazole rings is 1. The normalized spacial score (nSPS) is 8.92. The minimum Gasteiger partial charge on any atom is -0.465 e. The molecule has 0 spiro atoms. The van der Waals surface area contributed by atoms with Crippen molar-refractivity contribution >= 4 is 23.2 Å². The lowest BCUT2D eigenvalue weighted by Gasteiger charge is -1.91. The SMILES string of the molecule is [N-]=[N+]=NCc1nc(NC(=O)O)cs1. The Kier molecular flexibility index (Phi) is 3.07. The molecular weight excluding hydrogens is 194 g/mol. The molecule has 0 saturated carbocycles. The molecule has 0 aliphatic carbocycles. The summed E-state index contributed by atoms with van der Waals surface area (Å²) in [4.78, 5) is 16.6. The van der Waals surface area contributed by atoms with Crippen LogP contribution in [0.2, 0.25) is 0 Å². The molecule has 0 aliphatic rings. The average molecular weight is 199 g/mol. The van der Waals surface area contributed by atoms with Crippen molar-refractivity contribution in [1.29, 1.82) is 0 Å². The van der Waals surface area contributed by atoms with Gasteiger partial charge in [0, 0.05) is 10.3 Å². The van der Waals surface area contributed by atoms with Gasteiger partial charge in [-0.2, -0.15) is 0 Å². The number of rotatable bonds is 3. The van der Waals surface area contributed by atoms with Gasteiger partial charge in [-0.05, 0) is 5.53 Å². The first-order valence-corrected chi connectivity index (χ1v) is 4.05. The first-order valence-electron chi connectivity index (χ1n) is 3.17. The van der Waals surface area contributed by atoms with Crippen LogP contribution in [0.5, 0.6) is 0 Å². The van der Waals surface area contributed by atoms with Crippen molar-refractivity contribution in [3.05, 3.63) is 20.8 Å². The van der Waals surface area contributed by atoms with Crippen molar-refractivity contribution in [1.82, 2.24) is 4.98 Å². The summed E-state index contributed by atoms with van der Waals surface area (Å²) in [6, 6.07) is 0. The van der Waals surface area contributed by atoms with E-state index in [2.05, 4.69) is 20.3 Å². The van der Waals surface area contributed by atoms with E-state index in [4.69, 9.17) is 10.6 Å². The quantitative estimate of drug-likeness (QED) is 0.441. The first kappa shape index (κ1) is 9.30. The smallest absolute Gasteiger partial charge is 0.410 e. The number of aromatic nitrogens is 1. The Balaban J connectivity index is 2.63. The van der Waals surface area contributed by atoms with Crippen LogP contribution in [0, 0.1) is 0 Å². The second-order valence-corrected chi connectivity index (χ2v) is 2.89. The van der Waals surface area contributed by atoms with Crippen LogP contribution < -0.4 is 5.32 Å². The fourth-order valence-corrected chi connectivity index (χ4v) is 1.29. The van der Waals surface area contributed by atoms with Gasteiger partial charge in [0.15, 0.2) is 0 Å². The summed E-state index contributed by atoms with van der Waals surface area (Å²) in [6.45, 7) is 0.141. The van der Waals surface area contributed by atoms with Crippen LogP contribution in [0.25, 0.3) is 10.4 Å². The maximum atomic E-state index is 10.2. The van der Waals surface area contributed by atoms with Crippen LogP contribution in [0.3, 0.4) is 0 Å². The number of amides is 1. The molecule has 8 heteroatoms. The number of anilines is 1. The van der Waals surface area contributed by atoms with Crippen LogP contribution >= 0.6 is 11.3 Å². The predicted molar refractivity (Wildman–Crippen MR) is 46.6 cm³/mol. The molecule has 7 nitrogen and oxygen atoms in total. The molecule has 1 aromatic heterocycles. The van der Waals surface area contributed by atoms with E-state index in [0.29, 0.717) is 5.01 Å². The number of nitrogens with one attached hydrogen (secondary N) is 1. The van der Waals surface area contributed by atoms with E-state index in [-0.39, 0.29) is 12.4 Å². The minimum absolute atomic E-state index is 0.141. The van der Waals surface area contributed by atoms with E-state index in [0.717, 1.165) is 0 Å². The number of carboxylic acid groups (broad SMARTS) is 1. The Morgan fingerprint density at radius 3 is 3.31 bits per heavy atom. The summed E-state index contributed by atoms with van der Waals surface area (Å²) in [6.07, 6.45) is -1.17. The van der Waals surface area contributed by atoms with Crippen molar-refractivity contribution in [3.63, 3.8) is 0 Å². The van der Waals surface area contributed by atoms with Gasteiger partial charge in [0.25, 0.3) is 0 Å². The highest BCUT2D eigenvalue weighted by Crippen LogP contribution is 2.14. The van der Waals surface area contributed by atoms with Crippen LogP contribution in [0.4, 0.5) is 10.6 Å².